The Bertz CT molecular complexity index is 354. The van der Waals surface area contributed by atoms with Gasteiger partial charge in [0.15, 0.2) is 0 Å². The number of carboxylic acid groups (broad SMARTS) is 1. The average Bonchev–Trinajstić information content (AvgIpc) is 2.27. The van der Waals surface area contributed by atoms with Gasteiger partial charge in [-0.25, -0.2) is 0 Å². The molecule has 15 heavy (non-hydrogen) atoms. The van der Waals surface area contributed by atoms with Crippen LogP contribution in [0.5, 0.6) is 5.75 Å². The number of carbonyl (C=O) groups is 1. The Morgan fingerprint density at radius 3 is 2.67 bits per heavy atom. The summed E-state index contributed by atoms with van der Waals surface area (Å²) in [4.78, 5) is 9.81. The first kappa shape index (κ1) is 12.5. The Kier molecular flexibility index (Phi) is 4.60. The van der Waals surface area contributed by atoms with Gasteiger partial charge in [0.25, 0.3) is 0 Å². The standard InChI is InChI=1S/C10H10Br2O3/c1-15-7-4-2-3-6(5-7)8(11)9(12)10(13)14/h2-5,8-9H,1H3,(H,13,14). The molecule has 0 fully saturated rings. The van der Waals surface area contributed by atoms with Crippen LogP contribution in [0.3, 0.4) is 0 Å². The van der Waals surface area contributed by atoms with Crippen LogP contribution in [0.25, 0.3) is 0 Å². The van der Waals surface area contributed by atoms with Gasteiger partial charge in [-0.2, -0.15) is 0 Å². The number of ether oxygens (including phenoxy) is 1. The zero-order valence-corrected chi connectivity index (χ0v) is 11.2. The first-order valence-electron chi connectivity index (χ1n) is 4.21. The minimum atomic E-state index is -0.903. The highest BCUT2D eigenvalue weighted by molar-refractivity contribution is 9.12. The minimum Gasteiger partial charge on any atom is -0.497 e. The van der Waals surface area contributed by atoms with Gasteiger partial charge in [0, 0.05) is 0 Å². The van der Waals surface area contributed by atoms with Gasteiger partial charge in [-0.1, -0.05) is 44.0 Å². The largest absolute Gasteiger partial charge is 0.497 e. The molecular weight excluding hydrogens is 328 g/mol. The van der Waals surface area contributed by atoms with Crippen LogP contribution < -0.4 is 4.74 Å². The van der Waals surface area contributed by atoms with Crippen LogP contribution in [0.2, 0.25) is 0 Å². The topological polar surface area (TPSA) is 46.5 Å². The predicted molar refractivity (Wildman–Crippen MR) is 65.0 cm³/mol. The summed E-state index contributed by atoms with van der Waals surface area (Å²) in [7, 11) is 1.57. The Morgan fingerprint density at radius 1 is 1.47 bits per heavy atom. The molecule has 1 rings (SSSR count). The van der Waals surface area contributed by atoms with Crippen LogP contribution in [-0.4, -0.2) is 23.0 Å². The van der Waals surface area contributed by atoms with Crippen molar-refractivity contribution < 1.29 is 14.6 Å². The van der Waals surface area contributed by atoms with Crippen LogP contribution in [0.4, 0.5) is 0 Å². The molecule has 2 unspecified atom stereocenters. The molecule has 0 spiro atoms. The lowest BCUT2D eigenvalue weighted by molar-refractivity contribution is -0.136. The number of alkyl halides is 2. The third-order valence-electron chi connectivity index (χ3n) is 1.91. The zero-order chi connectivity index (χ0) is 11.4. The van der Waals surface area contributed by atoms with Gasteiger partial charge in [-0.15, -0.1) is 0 Å². The minimum absolute atomic E-state index is 0.287. The van der Waals surface area contributed by atoms with Crippen LogP contribution in [0.1, 0.15) is 10.4 Å². The highest BCUT2D eigenvalue weighted by atomic mass is 79.9. The number of carboxylic acids is 1. The first-order valence-corrected chi connectivity index (χ1v) is 6.04. The summed E-state index contributed by atoms with van der Waals surface area (Å²) >= 11 is 6.44. The lowest BCUT2D eigenvalue weighted by Gasteiger charge is -2.13. The summed E-state index contributed by atoms with van der Waals surface area (Å²) in [6.45, 7) is 0. The number of hydrogen-bond acceptors (Lipinski definition) is 2. The van der Waals surface area contributed by atoms with Crippen molar-refractivity contribution in [2.75, 3.05) is 7.11 Å². The molecule has 0 heterocycles. The van der Waals surface area contributed by atoms with Gasteiger partial charge in [0.1, 0.15) is 10.6 Å². The molecule has 0 aromatic heterocycles. The summed E-state index contributed by atoms with van der Waals surface area (Å²) in [6, 6.07) is 7.28. The van der Waals surface area contributed by atoms with E-state index in [-0.39, 0.29) is 4.83 Å². The molecule has 0 radical (unpaired) electrons. The van der Waals surface area contributed by atoms with Gasteiger partial charge < -0.3 is 9.84 Å². The number of rotatable bonds is 4. The van der Waals surface area contributed by atoms with Gasteiger partial charge >= 0.3 is 5.97 Å². The van der Waals surface area contributed by atoms with Crippen molar-refractivity contribution >= 4 is 37.8 Å². The maximum atomic E-state index is 10.8. The van der Waals surface area contributed by atoms with E-state index in [1.807, 2.05) is 18.2 Å². The smallest absolute Gasteiger partial charge is 0.318 e. The summed E-state index contributed by atoms with van der Waals surface area (Å²) in [5.74, 6) is -0.193. The lowest BCUT2D eigenvalue weighted by atomic mass is 10.1. The van der Waals surface area contributed by atoms with Crippen LogP contribution in [-0.2, 0) is 4.79 Å². The second-order valence-electron chi connectivity index (χ2n) is 2.92. The third-order valence-corrected chi connectivity index (χ3v) is 4.59. The van der Waals surface area contributed by atoms with Crippen molar-refractivity contribution in [3.05, 3.63) is 29.8 Å². The van der Waals surface area contributed by atoms with E-state index in [0.717, 1.165) is 5.56 Å². The molecule has 0 aliphatic carbocycles. The number of hydrogen-bond donors (Lipinski definition) is 1. The van der Waals surface area contributed by atoms with E-state index in [0.29, 0.717) is 5.75 Å². The second kappa shape index (κ2) is 5.51. The van der Waals surface area contributed by atoms with Crippen molar-refractivity contribution in [2.45, 2.75) is 9.65 Å². The first-order chi connectivity index (χ1) is 7.06. The van der Waals surface area contributed by atoms with Gasteiger partial charge in [-0.05, 0) is 17.7 Å². The molecule has 0 saturated carbocycles. The monoisotopic (exact) mass is 336 g/mol. The molecule has 3 nitrogen and oxygen atoms in total. The van der Waals surface area contributed by atoms with Crippen molar-refractivity contribution in [1.82, 2.24) is 0 Å². The van der Waals surface area contributed by atoms with Crippen LogP contribution in [0, 0.1) is 0 Å². The molecule has 5 heteroatoms. The molecule has 2 atom stereocenters. The fourth-order valence-electron chi connectivity index (χ4n) is 1.11. The molecule has 0 bridgehead atoms. The number of benzene rings is 1. The van der Waals surface area contributed by atoms with Gasteiger partial charge in [0.2, 0.25) is 0 Å². The van der Waals surface area contributed by atoms with Gasteiger partial charge in [-0.3, -0.25) is 4.79 Å². The summed E-state index contributed by atoms with van der Waals surface area (Å²) in [6.07, 6.45) is 0. The molecule has 0 amide bonds. The Labute approximate surface area is 105 Å². The number of halogens is 2. The highest BCUT2D eigenvalue weighted by Gasteiger charge is 2.24. The van der Waals surface area contributed by atoms with Crippen LogP contribution in [0.15, 0.2) is 24.3 Å². The summed E-state index contributed by atoms with van der Waals surface area (Å²) < 4.78 is 5.06. The van der Waals surface area contributed by atoms with Crippen molar-refractivity contribution in [1.29, 1.82) is 0 Å². The molecule has 1 aromatic rings. The van der Waals surface area contributed by atoms with Crippen molar-refractivity contribution in [3.63, 3.8) is 0 Å². The van der Waals surface area contributed by atoms with E-state index in [2.05, 4.69) is 31.9 Å². The van der Waals surface area contributed by atoms with E-state index in [1.54, 1.807) is 13.2 Å². The number of methoxy groups -OCH3 is 1. The maximum absolute atomic E-state index is 10.8. The Morgan fingerprint density at radius 2 is 2.13 bits per heavy atom. The van der Waals surface area contributed by atoms with Crippen molar-refractivity contribution in [2.24, 2.45) is 0 Å². The fraction of sp³-hybridized carbons (Fsp3) is 0.300. The Hall–Kier alpha value is -0.550. The van der Waals surface area contributed by atoms with E-state index in [4.69, 9.17) is 9.84 Å². The Balaban J connectivity index is 2.90. The second-order valence-corrected chi connectivity index (χ2v) is 4.89. The van der Waals surface area contributed by atoms with E-state index in [9.17, 15) is 4.79 Å². The maximum Gasteiger partial charge on any atom is 0.318 e. The molecule has 1 N–H and O–H groups in total. The summed E-state index contributed by atoms with van der Waals surface area (Å²) in [5.41, 5.74) is 0.860. The van der Waals surface area contributed by atoms with E-state index < -0.39 is 10.8 Å². The molecule has 1 aromatic carbocycles. The quantitative estimate of drug-likeness (QED) is 0.859. The molecular formula is C10H10Br2O3. The fourth-order valence-corrected chi connectivity index (χ4v) is 1.92. The van der Waals surface area contributed by atoms with Crippen LogP contribution >= 0.6 is 31.9 Å². The third kappa shape index (κ3) is 3.21. The van der Waals surface area contributed by atoms with E-state index >= 15 is 0 Å². The average molecular weight is 338 g/mol. The van der Waals surface area contributed by atoms with Crippen molar-refractivity contribution in [3.8, 4) is 5.75 Å². The van der Waals surface area contributed by atoms with Gasteiger partial charge in [0.05, 0.1) is 11.9 Å². The zero-order valence-electron chi connectivity index (χ0n) is 7.98. The lowest BCUT2D eigenvalue weighted by Crippen LogP contribution is -2.17. The number of aliphatic carboxylic acids is 1. The normalized spacial score (nSPS) is 14.3. The molecule has 0 aliphatic heterocycles. The van der Waals surface area contributed by atoms with E-state index in [1.165, 1.54) is 0 Å². The predicted octanol–water partition coefficient (Wildman–Crippen LogP) is 2.98. The molecule has 0 aliphatic rings. The SMILES string of the molecule is COc1cccc(C(Br)C(Br)C(=O)O)c1. The molecule has 0 saturated heterocycles. The summed E-state index contributed by atoms with van der Waals surface area (Å²) in [5, 5.41) is 8.83. The highest BCUT2D eigenvalue weighted by Crippen LogP contribution is 2.32. The molecule has 82 valence electrons.